The zero-order valence-corrected chi connectivity index (χ0v) is 7.72. The van der Waals surface area contributed by atoms with Gasteiger partial charge in [-0.3, -0.25) is 0 Å². The molecule has 2 atom stereocenters. The average molecular weight is 163 g/mol. The van der Waals surface area contributed by atoms with E-state index >= 15 is 0 Å². The molecule has 2 aliphatic rings. The molecule has 2 nitrogen and oxygen atoms in total. The Morgan fingerprint density at radius 2 is 2.25 bits per heavy atom. The Morgan fingerprint density at radius 1 is 1.58 bits per heavy atom. The lowest BCUT2D eigenvalue weighted by molar-refractivity contribution is 0.325. The van der Waals surface area contributed by atoms with E-state index in [1.54, 1.807) is 0 Å². The molecule has 0 radical (unpaired) electrons. The maximum absolute atomic E-state index is 8.97. The van der Waals surface area contributed by atoms with Crippen molar-refractivity contribution in [2.45, 2.75) is 39.4 Å². The van der Waals surface area contributed by atoms with Gasteiger partial charge in [-0.25, -0.2) is 0 Å². The van der Waals surface area contributed by atoms with Crippen molar-refractivity contribution >= 4 is 0 Å². The van der Waals surface area contributed by atoms with Gasteiger partial charge in [0.2, 0.25) is 0 Å². The third-order valence-electron chi connectivity index (χ3n) is 2.90. The van der Waals surface area contributed by atoms with E-state index in [0.29, 0.717) is 6.10 Å². The molecule has 64 valence electrons. The van der Waals surface area contributed by atoms with Crippen LogP contribution >= 0.6 is 0 Å². The molecule has 0 aromatic carbocycles. The molecule has 0 aromatic rings. The van der Waals surface area contributed by atoms with Crippen LogP contribution in [-0.2, 0) is 4.74 Å². The van der Waals surface area contributed by atoms with Crippen molar-refractivity contribution in [2.24, 2.45) is 5.41 Å². The van der Waals surface area contributed by atoms with E-state index < -0.39 is 0 Å². The highest BCUT2D eigenvalue weighted by atomic mass is 16.6. The average Bonchev–Trinajstić information content (AvgIpc) is 2.65. The molecule has 1 aliphatic carbocycles. The van der Waals surface area contributed by atoms with E-state index in [4.69, 9.17) is 10.00 Å². The Morgan fingerprint density at radius 3 is 2.83 bits per heavy atom. The van der Waals surface area contributed by atoms with Crippen LogP contribution in [0.2, 0.25) is 0 Å². The van der Waals surface area contributed by atoms with Gasteiger partial charge in [0, 0.05) is 11.0 Å². The summed E-state index contributed by atoms with van der Waals surface area (Å²) in [6, 6.07) is 2.30. The predicted octanol–water partition coefficient (Wildman–Crippen LogP) is 2.02. The first-order valence-corrected chi connectivity index (χ1v) is 4.33. The van der Waals surface area contributed by atoms with Gasteiger partial charge in [0.05, 0.1) is 12.2 Å². The van der Waals surface area contributed by atoms with E-state index in [9.17, 15) is 0 Å². The fourth-order valence-corrected chi connectivity index (χ4v) is 2.20. The topological polar surface area (TPSA) is 36.3 Å². The SMILES string of the molecule is CC1=C(C#N)C(C)(C)CC2OC12. The molecule has 0 N–H and O–H groups in total. The molecule has 0 spiro atoms. The van der Waals surface area contributed by atoms with Crippen LogP contribution in [0.15, 0.2) is 11.1 Å². The molecule has 0 bridgehead atoms. The molecule has 0 aromatic heterocycles. The summed E-state index contributed by atoms with van der Waals surface area (Å²) in [5, 5.41) is 8.97. The summed E-state index contributed by atoms with van der Waals surface area (Å²) in [6.45, 7) is 6.25. The number of hydrogen-bond acceptors (Lipinski definition) is 2. The number of allylic oxidation sites excluding steroid dienone is 1. The van der Waals surface area contributed by atoms with Crippen molar-refractivity contribution in [3.63, 3.8) is 0 Å². The van der Waals surface area contributed by atoms with E-state index in [1.165, 1.54) is 0 Å². The second-order valence-electron chi connectivity index (χ2n) is 4.35. The highest BCUT2D eigenvalue weighted by molar-refractivity contribution is 5.40. The highest BCUT2D eigenvalue weighted by Crippen LogP contribution is 2.48. The van der Waals surface area contributed by atoms with Crippen LogP contribution in [0.1, 0.15) is 27.2 Å². The molecular formula is C10H13NO. The third-order valence-corrected chi connectivity index (χ3v) is 2.90. The number of nitrogens with zero attached hydrogens (tertiary/aromatic N) is 1. The third kappa shape index (κ3) is 0.899. The minimum Gasteiger partial charge on any atom is -0.365 e. The number of hydrogen-bond donors (Lipinski definition) is 0. The van der Waals surface area contributed by atoms with Gasteiger partial charge in [-0.05, 0) is 18.9 Å². The number of fused-ring (bicyclic) bond motifs is 1. The lowest BCUT2D eigenvalue weighted by atomic mass is 9.73. The molecule has 1 fully saturated rings. The van der Waals surface area contributed by atoms with E-state index in [1.807, 2.05) is 6.92 Å². The molecule has 0 amide bonds. The van der Waals surface area contributed by atoms with Gasteiger partial charge in [0.1, 0.15) is 6.10 Å². The summed E-state index contributed by atoms with van der Waals surface area (Å²) in [5.41, 5.74) is 2.11. The van der Waals surface area contributed by atoms with Gasteiger partial charge in [-0.1, -0.05) is 13.8 Å². The molecule has 2 rings (SSSR count). The van der Waals surface area contributed by atoms with Gasteiger partial charge in [-0.15, -0.1) is 0 Å². The van der Waals surface area contributed by atoms with Crippen LogP contribution < -0.4 is 0 Å². The van der Waals surface area contributed by atoms with Crippen LogP contribution in [0.3, 0.4) is 0 Å². The van der Waals surface area contributed by atoms with Crippen molar-refractivity contribution in [3.05, 3.63) is 11.1 Å². The number of nitriles is 1. The van der Waals surface area contributed by atoms with Crippen LogP contribution in [0, 0.1) is 16.7 Å². The first-order valence-electron chi connectivity index (χ1n) is 4.33. The van der Waals surface area contributed by atoms with Gasteiger partial charge < -0.3 is 4.74 Å². The van der Waals surface area contributed by atoms with E-state index in [0.717, 1.165) is 17.6 Å². The monoisotopic (exact) mass is 163 g/mol. The normalized spacial score (nSPS) is 37.2. The largest absolute Gasteiger partial charge is 0.365 e. The van der Waals surface area contributed by atoms with Crippen molar-refractivity contribution in [1.29, 1.82) is 5.26 Å². The van der Waals surface area contributed by atoms with Crippen LogP contribution in [0.5, 0.6) is 0 Å². The summed E-state index contributed by atoms with van der Waals surface area (Å²) < 4.78 is 5.45. The smallest absolute Gasteiger partial charge is 0.106 e. The summed E-state index contributed by atoms with van der Waals surface area (Å²) in [6.07, 6.45) is 1.67. The second kappa shape index (κ2) is 2.11. The molecular weight excluding hydrogens is 150 g/mol. The Hall–Kier alpha value is -0.810. The first kappa shape index (κ1) is 7.82. The fourth-order valence-electron chi connectivity index (χ4n) is 2.20. The minimum absolute atomic E-state index is 0.0243. The van der Waals surface area contributed by atoms with Gasteiger partial charge >= 0.3 is 0 Å². The maximum Gasteiger partial charge on any atom is 0.106 e. The summed E-state index contributed by atoms with van der Waals surface area (Å²) in [4.78, 5) is 0. The second-order valence-corrected chi connectivity index (χ2v) is 4.35. The van der Waals surface area contributed by atoms with Crippen LogP contribution in [0.25, 0.3) is 0 Å². The Kier molecular flexibility index (Phi) is 1.38. The quantitative estimate of drug-likeness (QED) is 0.512. The van der Waals surface area contributed by atoms with Crippen molar-refractivity contribution < 1.29 is 4.74 Å². The minimum atomic E-state index is 0.0243. The Bertz CT molecular complexity index is 295. The lowest BCUT2D eigenvalue weighted by Crippen LogP contribution is -2.24. The molecule has 12 heavy (non-hydrogen) atoms. The zero-order chi connectivity index (χ0) is 8.93. The number of epoxide rings is 1. The van der Waals surface area contributed by atoms with Crippen LogP contribution in [0.4, 0.5) is 0 Å². The van der Waals surface area contributed by atoms with Gasteiger partial charge in [0.15, 0.2) is 0 Å². The number of rotatable bonds is 0. The molecule has 1 saturated heterocycles. The van der Waals surface area contributed by atoms with Crippen molar-refractivity contribution in [3.8, 4) is 6.07 Å². The molecule has 0 saturated carbocycles. The highest BCUT2D eigenvalue weighted by Gasteiger charge is 2.50. The van der Waals surface area contributed by atoms with Crippen LogP contribution in [-0.4, -0.2) is 12.2 Å². The maximum atomic E-state index is 8.97. The standard InChI is InChI=1S/C10H13NO/c1-6-7(5-11)10(2,3)4-8-9(6)12-8/h8-9H,4H2,1-3H3. The summed E-state index contributed by atoms with van der Waals surface area (Å²) in [5.74, 6) is 0. The molecule has 1 aliphatic heterocycles. The Labute approximate surface area is 72.8 Å². The van der Waals surface area contributed by atoms with Crippen molar-refractivity contribution in [2.75, 3.05) is 0 Å². The Balaban J connectivity index is 2.44. The van der Waals surface area contributed by atoms with E-state index in [2.05, 4.69) is 19.9 Å². The fraction of sp³-hybridized carbons (Fsp3) is 0.700. The first-order chi connectivity index (χ1) is 5.56. The molecule has 2 heteroatoms. The molecule has 1 heterocycles. The van der Waals surface area contributed by atoms with Crippen molar-refractivity contribution in [1.82, 2.24) is 0 Å². The van der Waals surface area contributed by atoms with Gasteiger partial charge in [-0.2, -0.15) is 5.26 Å². The summed E-state index contributed by atoms with van der Waals surface area (Å²) >= 11 is 0. The zero-order valence-electron chi connectivity index (χ0n) is 7.72. The summed E-state index contributed by atoms with van der Waals surface area (Å²) in [7, 11) is 0. The number of ether oxygens (including phenoxy) is 1. The lowest BCUT2D eigenvalue weighted by Gasteiger charge is -2.27. The molecule has 2 unspecified atom stereocenters. The van der Waals surface area contributed by atoms with Gasteiger partial charge in [0.25, 0.3) is 0 Å². The van der Waals surface area contributed by atoms with E-state index in [-0.39, 0.29) is 11.5 Å². The predicted molar refractivity (Wildman–Crippen MR) is 45.4 cm³/mol.